The van der Waals surface area contributed by atoms with Gasteiger partial charge in [0.05, 0.1) is 11.8 Å². The summed E-state index contributed by atoms with van der Waals surface area (Å²) < 4.78 is 0. The average Bonchev–Trinajstić information content (AvgIpc) is 2.83. The molecule has 1 heterocycles. The van der Waals surface area contributed by atoms with Crippen LogP contribution in [0.5, 0.6) is 0 Å². The van der Waals surface area contributed by atoms with Crippen molar-refractivity contribution in [2.45, 2.75) is 39.2 Å². The molecular formula is C14H23NO3S. The second-order valence-corrected chi connectivity index (χ2v) is 6.90. The molecule has 0 radical (unpaired) electrons. The van der Waals surface area contributed by atoms with Gasteiger partial charge >= 0.3 is 5.97 Å². The van der Waals surface area contributed by atoms with E-state index in [0.29, 0.717) is 12.3 Å². The van der Waals surface area contributed by atoms with Crippen LogP contribution in [0.15, 0.2) is 0 Å². The molecule has 108 valence electrons. The maximum absolute atomic E-state index is 12.6. The molecule has 0 aromatic carbocycles. The number of hydrogen-bond donors (Lipinski definition) is 1. The van der Waals surface area contributed by atoms with Gasteiger partial charge < -0.3 is 10.0 Å². The van der Waals surface area contributed by atoms with E-state index in [0.717, 1.165) is 30.9 Å². The highest BCUT2D eigenvalue weighted by molar-refractivity contribution is 7.99. The van der Waals surface area contributed by atoms with Crippen LogP contribution in [-0.4, -0.2) is 46.0 Å². The van der Waals surface area contributed by atoms with E-state index in [1.54, 1.807) is 0 Å². The molecule has 2 fully saturated rings. The third-order valence-corrected chi connectivity index (χ3v) is 5.71. The maximum Gasteiger partial charge on any atom is 0.307 e. The molecule has 1 aliphatic heterocycles. The van der Waals surface area contributed by atoms with Crippen LogP contribution in [-0.2, 0) is 9.59 Å². The number of aliphatic carboxylic acids is 1. The Morgan fingerprint density at radius 3 is 2.58 bits per heavy atom. The molecule has 1 aliphatic carbocycles. The lowest BCUT2D eigenvalue weighted by Crippen LogP contribution is -2.48. The fourth-order valence-corrected chi connectivity index (χ4v) is 4.30. The van der Waals surface area contributed by atoms with Crippen LogP contribution in [0, 0.1) is 17.8 Å². The summed E-state index contributed by atoms with van der Waals surface area (Å²) >= 11 is 1.87. The van der Waals surface area contributed by atoms with Crippen LogP contribution in [0.25, 0.3) is 0 Å². The van der Waals surface area contributed by atoms with Gasteiger partial charge in [0.2, 0.25) is 5.91 Å². The zero-order chi connectivity index (χ0) is 14.0. The molecule has 1 N–H and O–H groups in total. The Bertz CT molecular complexity index is 361. The van der Waals surface area contributed by atoms with Crippen molar-refractivity contribution in [2.75, 3.05) is 18.1 Å². The predicted octanol–water partition coefficient (Wildman–Crippen LogP) is 2.09. The third kappa shape index (κ3) is 3.07. The minimum atomic E-state index is -0.798. The van der Waals surface area contributed by atoms with Gasteiger partial charge in [-0.25, -0.2) is 0 Å². The monoisotopic (exact) mass is 285 g/mol. The largest absolute Gasteiger partial charge is 0.481 e. The first-order valence-corrected chi connectivity index (χ1v) is 8.31. The molecule has 2 rings (SSSR count). The van der Waals surface area contributed by atoms with Gasteiger partial charge in [0.15, 0.2) is 0 Å². The molecule has 0 spiro atoms. The van der Waals surface area contributed by atoms with E-state index in [4.69, 9.17) is 0 Å². The number of hydrogen-bond acceptors (Lipinski definition) is 3. The topological polar surface area (TPSA) is 57.6 Å². The Morgan fingerprint density at radius 1 is 1.32 bits per heavy atom. The van der Waals surface area contributed by atoms with Crippen molar-refractivity contribution in [3.8, 4) is 0 Å². The first kappa shape index (κ1) is 14.7. The molecule has 2 unspecified atom stereocenters. The van der Waals surface area contributed by atoms with Gasteiger partial charge in [-0.15, -0.1) is 0 Å². The second kappa shape index (κ2) is 6.16. The Kier molecular flexibility index (Phi) is 4.76. The number of rotatable bonds is 3. The quantitative estimate of drug-likeness (QED) is 0.862. The van der Waals surface area contributed by atoms with E-state index >= 15 is 0 Å². The summed E-state index contributed by atoms with van der Waals surface area (Å²) in [6.07, 6.45) is 2.39. The lowest BCUT2D eigenvalue weighted by atomic mass is 9.94. The molecule has 1 saturated heterocycles. The molecular weight excluding hydrogens is 262 g/mol. The molecule has 0 bridgehead atoms. The zero-order valence-corrected chi connectivity index (χ0v) is 12.5. The Labute approximate surface area is 118 Å². The fraction of sp³-hybridized carbons (Fsp3) is 0.857. The molecule has 0 aromatic rings. The van der Waals surface area contributed by atoms with Crippen molar-refractivity contribution >= 4 is 23.6 Å². The summed E-state index contributed by atoms with van der Waals surface area (Å²) in [6.45, 7) is 4.91. The van der Waals surface area contributed by atoms with Crippen molar-refractivity contribution in [1.29, 1.82) is 0 Å². The number of carbonyl (C=O) groups is 2. The summed E-state index contributed by atoms with van der Waals surface area (Å²) in [4.78, 5) is 25.9. The zero-order valence-electron chi connectivity index (χ0n) is 11.7. The van der Waals surface area contributed by atoms with Gasteiger partial charge in [-0.05, 0) is 25.7 Å². The molecule has 1 amide bonds. The minimum Gasteiger partial charge on any atom is -0.481 e. The van der Waals surface area contributed by atoms with Crippen LogP contribution in [0.2, 0.25) is 0 Å². The van der Waals surface area contributed by atoms with Crippen LogP contribution < -0.4 is 0 Å². The summed E-state index contributed by atoms with van der Waals surface area (Å²) in [7, 11) is 0. The highest BCUT2D eigenvalue weighted by Crippen LogP contribution is 2.40. The van der Waals surface area contributed by atoms with Gasteiger partial charge in [-0.2, -0.15) is 11.8 Å². The number of carboxylic acid groups (broad SMARTS) is 1. The van der Waals surface area contributed by atoms with Crippen LogP contribution in [0.4, 0.5) is 0 Å². The first-order chi connectivity index (χ1) is 9.04. The number of carbonyl (C=O) groups excluding carboxylic acids is 1. The maximum atomic E-state index is 12.6. The van der Waals surface area contributed by atoms with Crippen molar-refractivity contribution in [3.05, 3.63) is 0 Å². The predicted molar refractivity (Wildman–Crippen MR) is 76.1 cm³/mol. The van der Waals surface area contributed by atoms with Gasteiger partial charge in [-0.1, -0.05) is 13.3 Å². The summed E-state index contributed by atoms with van der Waals surface area (Å²) in [5.74, 6) is 0.840. The second-order valence-electron chi connectivity index (χ2n) is 5.75. The summed E-state index contributed by atoms with van der Waals surface area (Å²) in [5, 5.41) is 9.34. The van der Waals surface area contributed by atoms with E-state index in [1.165, 1.54) is 0 Å². The third-order valence-electron chi connectivity index (χ3n) is 4.52. The molecule has 19 heavy (non-hydrogen) atoms. The number of nitrogens with zero attached hydrogens (tertiary/aromatic N) is 1. The highest BCUT2D eigenvalue weighted by atomic mass is 32.2. The average molecular weight is 285 g/mol. The summed E-state index contributed by atoms with van der Waals surface area (Å²) in [6, 6.07) is 0.237. The molecule has 4 atom stereocenters. The smallest absolute Gasteiger partial charge is 0.307 e. The molecule has 2 aliphatic rings. The van der Waals surface area contributed by atoms with Gasteiger partial charge in [0.1, 0.15) is 0 Å². The van der Waals surface area contributed by atoms with Gasteiger partial charge in [0.25, 0.3) is 0 Å². The highest BCUT2D eigenvalue weighted by Gasteiger charge is 2.44. The van der Waals surface area contributed by atoms with E-state index in [2.05, 4.69) is 13.8 Å². The van der Waals surface area contributed by atoms with Crippen LogP contribution in [0.1, 0.15) is 33.1 Å². The van der Waals surface area contributed by atoms with Crippen LogP contribution >= 0.6 is 11.8 Å². The standard InChI is InChI=1S/C14H23NO3S/c1-3-10-6-11(12(7-10)14(17)18)13(16)15-4-5-19-8-9(15)2/h9-12H,3-8H2,1-2H3,(H,17,18)/t9?,10?,11-,12+/m0/s1. The lowest BCUT2D eigenvalue weighted by Gasteiger charge is -2.35. The molecule has 0 aromatic heterocycles. The first-order valence-electron chi connectivity index (χ1n) is 7.15. The Balaban J connectivity index is 2.09. The van der Waals surface area contributed by atoms with E-state index in [-0.39, 0.29) is 17.9 Å². The fourth-order valence-electron chi connectivity index (χ4n) is 3.29. The molecule has 4 nitrogen and oxygen atoms in total. The molecule has 5 heteroatoms. The Morgan fingerprint density at radius 2 is 2.00 bits per heavy atom. The SMILES string of the molecule is CCC1C[C@H](C(=O)N2CCSCC2C)[C@H](C(=O)O)C1. The molecule has 1 saturated carbocycles. The van der Waals surface area contributed by atoms with Crippen molar-refractivity contribution in [1.82, 2.24) is 4.90 Å². The summed E-state index contributed by atoms with van der Waals surface area (Å²) in [5.41, 5.74) is 0. The normalized spacial score (nSPS) is 35.4. The number of carboxylic acids is 1. The van der Waals surface area contributed by atoms with Gasteiger partial charge in [0, 0.05) is 24.1 Å². The van der Waals surface area contributed by atoms with Crippen molar-refractivity contribution in [2.24, 2.45) is 17.8 Å². The van der Waals surface area contributed by atoms with Crippen LogP contribution in [0.3, 0.4) is 0 Å². The lowest BCUT2D eigenvalue weighted by molar-refractivity contribution is -0.149. The van der Waals surface area contributed by atoms with Crippen molar-refractivity contribution in [3.63, 3.8) is 0 Å². The Hall–Kier alpha value is -0.710. The van der Waals surface area contributed by atoms with E-state index < -0.39 is 11.9 Å². The van der Waals surface area contributed by atoms with Gasteiger partial charge in [-0.3, -0.25) is 9.59 Å². The van der Waals surface area contributed by atoms with E-state index in [1.807, 2.05) is 16.7 Å². The van der Waals surface area contributed by atoms with E-state index in [9.17, 15) is 14.7 Å². The number of amides is 1. The minimum absolute atomic E-state index is 0.0798. The van der Waals surface area contributed by atoms with Crippen molar-refractivity contribution < 1.29 is 14.7 Å². The number of thioether (sulfide) groups is 1.